The van der Waals surface area contributed by atoms with Gasteiger partial charge < -0.3 is 10.1 Å². The summed E-state index contributed by atoms with van der Waals surface area (Å²) in [5.41, 5.74) is 1.73. The SMILES string of the molecule is CC(Nc1cccnc1)c1cccc(OC(F)F)c1. The van der Waals surface area contributed by atoms with E-state index in [0.717, 1.165) is 11.3 Å². The minimum absolute atomic E-state index is 0.0366. The highest BCUT2D eigenvalue weighted by molar-refractivity contribution is 5.43. The van der Waals surface area contributed by atoms with Gasteiger partial charge in [0.2, 0.25) is 0 Å². The lowest BCUT2D eigenvalue weighted by molar-refractivity contribution is -0.0498. The first kappa shape index (κ1) is 13.3. The third kappa shape index (κ3) is 3.91. The van der Waals surface area contributed by atoms with Crippen LogP contribution in [0.25, 0.3) is 0 Å². The Hall–Kier alpha value is -2.17. The molecule has 0 spiro atoms. The van der Waals surface area contributed by atoms with Crippen molar-refractivity contribution in [2.24, 2.45) is 0 Å². The summed E-state index contributed by atoms with van der Waals surface area (Å²) in [6.07, 6.45) is 3.39. The van der Waals surface area contributed by atoms with Gasteiger partial charge in [0.05, 0.1) is 5.69 Å². The summed E-state index contributed by atoms with van der Waals surface area (Å²) in [7, 11) is 0. The van der Waals surface area contributed by atoms with Crippen LogP contribution in [0.5, 0.6) is 5.75 Å². The van der Waals surface area contributed by atoms with Gasteiger partial charge in [-0.05, 0) is 36.8 Å². The minimum Gasteiger partial charge on any atom is -0.435 e. The van der Waals surface area contributed by atoms with Crippen molar-refractivity contribution in [3.63, 3.8) is 0 Å². The molecule has 19 heavy (non-hydrogen) atoms. The Kier molecular flexibility index (Phi) is 4.28. The Bertz CT molecular complexity index is 520. The van der Waals surface area contributed by atoms with Gasteiger partial charge in [0, 0.05) is 18.4 Å². The van der Waals surface area contributed by atoms with E-state index in [1.165, 1.54) is 6.07 Å². The Morgan fingerprint density at radius 3 is 2.74 bits per heavy atom. The maximum Gasteiger partial charge on any atom is 0.387 e. The van der Waals surface area contributed by atoms with Crippen molar-refractivity contribution in [3.05, 3.63) is 54.4 Å². The number of nitrogens with one attached hydrogen (secondary N) is 1. The normalized spacial score (nSPS) is 12.2. The maximum atomic E-state index is 12.2. The van der Waals surface area contributed by atoms with Crippen molar-refractivity contribution in [3.8, 4) is 5.75 Å². The van der Waals surface area contributed by atoms with Crippen LogP contribution in [0.2, 0.25) is 0 Å². The van der Waals surface area contributed by atoms with E-state index in [0.29, 0.717) is 0 Å². The first-order chi connectivity index (χ1) is 9.15. The van der Waals surface area contributed by atoms with Crippen LogP contribution >= 0.6 is 0 Å². The Balaban J connectivity index is 2.08. The molecule has 0 aliphatic rings. The number of pyridine rings is 1. The molecule has 1 atom stereocenters. The molecule has 1 unspecified atom stereocenters. The van der Waals surface area contributed by atoms with Crippen LogP contribution < -0.4 is 10.1 Å². The lowest BCUT2D eigenvalue weighted by Crippen LogP contribution is -2.08. The molecule has 100 valence electrons. The van der Waals surface area contributed by atoms with Crippen LogP contribution in [-0.2, 0) is 0 Å². The van der Waals surface area contributed by atoms with Crippen molar-refractivity contribution in [2.45, 2.75) is 19.6 Å². The molecule has 2 rings (SSSR count). The second kappa shape index (κ2) is 6.13. The van der Waals surface area contributed by atoms with E-state index < -0.39 is 6.61 Å². The molecule has 2 aromatic rings. The lowest BCUT2D eigenvalue weighted by Gasteiger charge is -2.16. The standard InChI is InChI=1S/C14H14F2N2O/c1-10(18-12-5-3-7-17-9-12)11-4-2-6-13(8-11)19-14(15)16/h2-10,14,18H,1H3. The number of rotatable bonds is 5. The third-order valence-corrected chi connectivity index (χ3v) is 2.63. The molecule has 0 saturated carbocycles. The fourth-order valence-corrected chi connectivity index (χ4v) is 1.74. The van der Waals surface area contributed by atoms with E-state index in [4.69, 9.17) is 0 Å². The van der Waals surface area contributed by atoms with Crippen molar-refractivity contribution < 1.29 is 13.5 Å². The molecular formula is C14H14F2N2O. The molecule has 0 saturated heterocycles. The Labute approximate surface area is 110 Å². The van der Waals surface area contributed by atoms with E-state index in [-0.39, 0.29) is 11.8 Å². The minimum atomic E-state index is -2.81. The molecule has 0 aliphatic heterocycles. The molecule has 1 heterocycles. The zero-order chi connectivity index (χ0) is 13.7. The summed E-state index contributed by atoms with van der Waals surface area (Å²) in [5.74, 6) is 0.160. The highest BCUT2D eigenvalue weighted by atomic mass is 19.3. The summed E-state index contributed by atoms with van der Waals surface area (Å²) >= 11 is 0. The first-order valence-electron chi connectivity index (χ1n) is 5.86. The molecule has 1 N–H and O–H groups in total. The lowest BCUT2D eigenvalue weighted by atomic mass is 10.1. The van der Waals surface area contributed by atoms with E-state index in [1.807, 2.05) is 25.1 Å². The summed E-state index contributed by atoms with van der Waals surface area (Å²) < 4.78 is 28.7. The summed E-state index contributed by atoms with van der Waals surface area (Å²) in [6, 6.07) is 10.3. The smallest absolute Gasteiger partial charge is 0.387 e. The van der Waals surface area contributed by atoms with Gasteiger partial charge in [-0.1, -0.05) is 12.1 Å². The number of halogens is 2. The van der Waals surface area contributed by atoms with E-state index in [9.17, 15) is 8.78 Å². The van der Waals surface area contributed by atoms with E-state index in [1.54, 1.807) is 24.5 Å². The summed E-state index contributed by atoms with van der Waals surface area (Å²) in [6.45, 7) is -0.870. The van der Waals surface area contributed by atoms with Gasteiger partial charge in [-0.3, -0.25) is 4.98 Å². The fourth-order valence-electron chi connectivity index (χ4n) is 1.74. The highest BCUT2D eigenvalue weighted by Gasteiger charge is 2.09. The number of benzene rings is 1. The molecule has 3 nitrogen and oxygen atoms in total. The number of nitrogens with zero attached hydrogens (tertiary/aromatic N) is 1. The van der Waals surface area contributed by atoms with Crippen molar-refractivity contribution >= 4 is 5.69 Å². The van der Waals surface area contributed by atoms with Crippen molar-refractivity contribution in [1.82, 2.24) is 4.98 Å². The average molecular weight is 264 g/mol. The van der Waals surface area contributed by atoms with Crippen LogP contribution in [0.3, 0.4) is 0 Å². The van der Waals surface area contributed by atoms with E-state index in [2.05, 4.69) is 15.0 Å². The van der Waals surface area contributed by atoms with E-state index >= 15 is 0 Å². The summed E-state index contributed by atoms with van der Waals surface area (Å²) in [5, 5.41) is 3.23. The molecule has 0 radical (unpaired) electrons. The first-order valence-corrected chi connectivity index (χ1v) is 5.86. The molecule has 0 fully saturated rings. The third-order valence-electron chi connectivity index (χ3n) is 2.63. The Morgan fingerprint density at radius 1 is 1.21 bits per heavy atom. The monoisotopic (exact) mass is 264 g/mol. The number of aromatic nitrogens is 1. The van der Waals surface area contributed by atoms with Gasteiger partial charge in [0.1, 0.15) is 5.75 Å². The average Bonchev–Trinajstić information content (AvgIpc) is 2.39. The summed E-state index contributed by atoms with van der Waals surface area (Å²) in [4.78, 5) is 4.00. The van der Waals surface area contributed by atoms with Gasteiger partial charge in [-0.2, -0.15) is 8.78 Å². The highest BCUT2D eigenvalue weighted by Crippen LogP contribution is 2.23. The van der Waals surface area contributed by atoms with Crippen molar-refractivity contribution in [1.29, 1.82) is 0 Å². The van der Waals surface area contributed by atoms with Gasteiger partial charge in [0.25, 0.3) is 0 Å². The van der Waals surface area contributed by atoms with Gasteiger partial charge >= 0.3 is 6.61 Å². The molecular weight excluding hydrogens is 250 g/mol. The van der Waals surface area contributed by atoms with Gasteiger partial charge in [-0.25, -0.2) is 0 Å². The van der Waals surface area contributed by atoms with Crippen LogP contribution in [0.4, 0.5) is 14.5 Å². The predicted molar refractivity (Wildman–Crippen MR) is 69.3 cm³/mol. The zero-order valence-electron chi connectivity index (χ0n) is 10.4. The number of anilines is 1. The van der Waals surface area contributed by atoms with Gasteiger partial charge in [-0.15, -0.1) is 0 Å². The second-order valence-electron chi connectivity index (χ2n) is 4.06. The van der Waals surface area contributed by atoms with Crippen LogP contribution in [0.15, 0.2) is 48.8 Å². The van der Waals surface area contributed by atoms with Gasteiger partial charge in [0.15, 0.2) is 0 Å². The predicted octanol–water partition coefficient (Wildman–Crippen LogP) is 3.86. The molecule has 0 aliphatic carbocycles. The molecule has 0 bridgehead atoms. The zero-order valence-corrected chi connectivity index (χ0v) is 10.4. The number of ether oxygens (including phenoxy) is 1. The van der Waals surface area contributed by atoms with Crippen LogP contribution in [0.1, 0.15) is 18.5 Å². The maximum absolute atomic E-state index is 12.2. The molecule has 1 aromatic carbocycles. The number of alkyl halides is 2. The quantitative estimate of drug-likeness (QED) is 0.890. The Morgan fingerprint density at radius 2 is 2.05 bits per heavy atom. The number of hydrogen-bond acceptors (Lipinski definition) is 3. The second-order valence-corrected chi connectivity index (χ2v) is 4.06. The molecule has 1 aromatic heterocycles. The fraction of sp³-hybridized carbons (Fsp3) is 0.214. The number of hydrogen-bond donors (Lipinski definition) is 1. The van der Waals surface area contributed by atoms with Crippen LogP contribution in [-0.4, -0.2) is 11.6 Å². The van der Waals surface area contributed by atoms with Crippen molar-refractivity contribution in [2.75, 3.05) is 5.32 Å². The van der Waals surface area contributed by atoms with Crippen LogP contribution in [0, 0.1) is 0 Å². The molecule has 0 amide bonds. The largest absolute Gasteiger partial charge is 0.435 e. The molecule has 5 heteroatoms. The topological polar surface area (TPSA) is 34.2 Å².